The molecule has 482 valence electrons. The second-order valence-electron chi connectivity index (χ2n) is 25.9. The van der Waals surface area contributed by atoms with Gasteiger partial charge in [0.15, 0.2) is 6.10 Å². The molecular weight excluding hydrogens is 997 g/mol. The predicted molar refractivity (Wildman–Crippen MR) is 354 cm³/mol. The second-order valence-corrected chi connectivity index (χ2v) is 25.9. The van der Waals surface area contributed by atoms with Gasteiger partial charge in [-0.3, -0.25) is 14.4 Å². The van der Waals surface area contributed by atoms with Crippen LogP contribution in [0.4, 0.5) is 0 Å². The fraction of sp³-hybridized carbons (Fsp3) is 0.960. The largest absolute Gasteiger partial charge is 0.462 e. The summed E-state index contributed by atoms with van der Waals surface area (Å²) in [5, 5.41) is 0. The van der Waals surface area contributed by atoms with E-state index < -0.39 is 6.10 Å². The molecule has 0 aliphatic carbocycles. The van der Waals surface area contributed by atoms with Gasteiger partial charge in [-0.2, -0.15) is 0 Å². The van der Waals surface area contributed by atoms with Gasteiger partial charge in [0.2, 0.25) is 0 Å². The van der Waals surface area contributed by atoms with E-state index in [1.54, 1.807) is 0 Å². The van der Waals surface area contributed by atoms with E-state index >= 15 is 0 Å². The minimum absolute atomic E-state index is 0.0615. The Hall–Kier alpha value is -1.59. The minimum Gasteiger partial charge on any atom is -0.462 e. The van der Waals surface area contributed by atoms with Gasteiger partial charge >= 0.3 is 17.9 Å². The maximum Gasteiger partial charge on any atom is 0.306 e. The number of esters is 3. The molecule has 0 aromatic heterocycles. The van der Waals surface area contributed by atoms with Crippen molar-refractivity contribution in [2.24, 2.45) is 0 Å². The van der Waals surface area contributed by atoms with E-state index in [9.17, 15) is 14.4 Å². The number of unbranched alkanes of at least 4 members (excludes halogenated alkanes) is 60. The van der Waals surface area contributed by atoms with Crippen LogP contribution >= 0.6 is 0 Å². The van der Waals surface area contributed by atoms with Crippen LogP contribution in [-0.4, -0.2) is 37.2 Å². The number of rotatable bonds is 71. The van der Waals surface area contributed by atoms with Gasteiger partial charge in [-0.15, -0.1) is 0 Å². The predicted octanol–water partition coefficient (Wildman–Crippen LogP) is 25.8. The number of hydrogen-bond donors (Lipinski definition) is 0. The van der Waals surface area contributed by atoms with Crippen LogP contribution in [0.15, 0.2) is 0 Å². The normalized spacial score (nSPS) is 11.9. The number of carbonyl (C=O) groups is 3. The Balaban J connectivity index is 3.89. The Labute approximate surface area is 508 Å². The SMILES string of the molecule is CCCCCCCCCCCCCCCCCCCCCCCCCCCCCCCCCCC(=O)OCC(COC(=O)CCCCCCCC)OC(=O)CCCCCCCCCCCCCCCCCCCCCCCCCCC. The first-order chi connectivity index (χ1) is 40.0. The van der Waals surface area contributed by atoms with Crippen molar-refractivity contribution in [3.8, 4) is 0 Å². The van der Waals surface area contributed by atoms with Crippen LogP contribution < -0.4 is 0 Å². The summed E-state index contributed by atoms with van der Waals surface area (Å²) >= 11 is 0. The zero-order chi connectivity index (χ0) is 58.5. The first-order valence-corrected chi connectivity index (χ1v) is 37.5. The number of hydrogen-bond acceptors (Lipinski definition) is 6. The molecule has 1 unspecified atom stereocenters. The molecule has 0 radical (unpaired) electrons. The molecule has 6 heteroatoms. The Bertz CT molecular complexity index is 1220. The molecule has 81 heavy (non-hydrogen) atoms. The van der Waals surface area contributed by atoms with Crippen molar-refractivity contribution >= 4 is 17.9 Å². The Kier molecular flexibility index (Phi) is 69.5. The van der Waals surface area contributed by atoms with E-state index in [1.165, 1.54) is 347 Å². The zero-order valence-corrected chi connectivity index (χ0v) is 55.6. The van der Waals surface area contributed by atoms with Crippen molar-refractivity contribution in [1.82, 2.24) is 0 Å². The smallest absolute Gasteiger partial charge is 0.306 e. The standard InChI is InChI=1S/C75H146O6/c1-4-7-10-13-16-18-20-22-24-26-28-30-32-34-35-36-37-38-39-40-42-43-45-47-49-51-53-55-57-59-62-65-68-74(77)80-71-72(70-79-73(76)67-64-61-15-12-9-6-3)81-75(78)69-66-63-60-58-56-54-52-50-48-46-44-41-33-31-29-27-25-23-21-19-17-14-11-8-5-2/h72H,4-71H2,1-3H3. The second kappa shape index (κ2) is 70.9. The van der Waals surface area contributed by atoms with Gasteiger partial charge in [-0.25, -0.2) is 0 Å². The molecule has 1 atom stereocenters. The van der Waals surface area contributed by atoms with Crippen molar-refractivity contribution in [1.29, 1.82) is 0 Å². The van der Waals surface area contributed by atoms with Gasteiger partial charge in [-0.05, 0) is 19.3 Å². The van der Waals surface area contributed by atoms with Gasteiger partial charge in [-0.1, -0.05) is 406 Å². The molecule has 0 fully saturated rings. The molecule has 0 aromatic carbocycles. The highest BCUT2D eigenvalue weighted by molar-refractivity contribution is 5.71. The van der Waals surface area contributed by atoms with Crippen LogP contribution in [0.5, 0.6) is 0 Å². The summed E-state index contributed by atoms with van der Waals surface area (Å²) in [5.41, 5.74) is 0. The molecule has 0 spiro atoms. The van der Waals surface area contributed by atoms with Crippen molar-refractivity contribution < 1.29 is 28.6 Å². The fourth-order valence-electron chi connectivity index (χ4n) is 12.0. The number of carbonyl (C=O) groups excluding carboxylic acids is 3. The molecule has 0 aliphatic rings. The van der Waals surface area contributed by atoms with Crippen molar-refractivity contribution in [3.63, 3.8) is 0 Å². The third-order valence-corrected chi connectivity index (χ3v) is 17.6. The van der Waals surface area contributed by atoms with E-state index in [1.807, 2.05) is 0 Å². The lowest BCUT2D eigenvalue weighted by Crippen LogP contribution is -2.30. The average Bonchev–Trinajstić information content (AvgIpc) is 3.47. The lowest BCUT2D eigenvalue weighted by molar-refractivity contribution is -0.167. The summed E-state index contributed by atoms with van der Waals surface area (Å²) in [7, 11) is 0. The Morgan fingerprint density at radius 1 is 0.198 bits per heavy atom. The van der Waals surface area contributed by atoms with Gasteiger partial charge in [0.1, 0.15) is 13.2 Å². The molecule has 6 nitrogen and oxygen atoms in total. The molecule has 0 aromatic rings. The number of ether oxygens (including phenoxy) is 3. The highest BCUT2D eigenvalue weighted by atomic mass is 16.6. The summed E-state index contributed by atoms with van der Waals surface area (Å²) in [5.74, 6) is -0.835. The lowest BCUT2D eigenvalue weighted by Gasteiger charge is -2.18. The first kappa shape index (κ1) is 79.4. The monoisotopic (exact) mass is 1140 g/mol. The third-order valence-electron chi connectivity index (χ3n) is 17.6. The highest BCUT2D eigenvalue weighted by Gasteiger charge is 2.20. The van der Waals surface area contributed by atoms with Crippen molar-refractivity contribution in [2.75, 3.05) is 13.2 Å². The van der Waals surface area contributed by atoms with E-state index in [0.29, 0.717) is 19.3 Å². The summed E-state index contributed by atoms with van der Waals surface area (Å²) in [6, 6.07) is 0. The van der Waals surface area contributed by atoms with Crippen LogP contribution in [0.25, 0.3) is 0 Å². The Morgan fingerprint density at radius 3 is 0.494 bits per heavy atom. The fourth-order valence-corrected chi connectivity index (χ4v) is 12.0. The lowest BCUT2D eigenvalue weighted by atomic mass is 10.0. The quantitative estimate of drug-likeness (QED) is 0.0343. The van der Waals surface area contributed by atoms with E-state index in [4.69, 9.17) is 14.2 Å². The van der Waals surface area contributed by atoms with Gasteiger partial charge in [0.25, 0.3) is 0 Å². The van der Waals surface area contributed by atoms with Crippen LogP contribution in [0.2, 0.25) is 0 Å². The van der Waals surface area contributed by atoms with Crippen LogP contribution in [0, 0.1) is 0 Å². The van der Waals surface area contributed by atoms with Crippen molar-refractivity contribution in [2.45, 2.75) is 451 Å². The topological polar surface area (TPSA) is 78.9 Å². The molecule has 0 N–H and O–H groups in total. The Morgan fingerprint density at radius 2 is 0.333 bits per heavy atom. The molecule has 0 rings (SSSR count). The van der Waals surface area contributed by atoms with Gasteiger partial charge in [0, 0.05) is 19.3 Å². The maximum absolute atomic E-state index is 12.9. The first-order valence-electron chi connectivity index (χ1n) is 37.5. The van der Waals surface area contributed by atoms with Crippen LogP contribution in [0.1, 0.15) is 445 Å². The molecule has 0 heterocycles. The molecule has 0 bridgehead atoms. The van der Waals surface area contributed by atoms with Crippen LogP contribution in [-0.2, 0) is 28.6 Å². The molecular formula is C75H146O6. The van der Waals surface area contributed by atoms with Gasteiger partial charge < -0.3 is 14.2 Å². The molecule has 0 saturated heterocycles. The average molecular weight is 1140 g/mol. The summed E-state index contributed by atoms with van der Waals surface area (Å²) < 4.78 is 16.9. The maximum atomic E-state index is 12.9. The van der Waals surface area contributed by atoms with Crippen molar-refractivity contribution in [3.05, 3.63) is 0 Å². The molecule has 0 saturated carbocycles. The van der Waals surface area contributed by atoms with Crippen LogP contribution in [0.3, 0.4) is 0 Å². The summed E-state index contributed by atoms with van der Waals surface area (Å²) in [6.07, 6.45) is 85.0. The van der Waals surface area contributed by atoms with E-state index in [-0.39, 0.29) is 31.1 Å². The summed E-state index contributed by atoms with van der Waals surface area (Å²) in [4.78, 5) is 38.1. The molecule has 0 aliphatic heterocycles. The zero-order valence-electron chi connectivity index (χ0n) is 55.6. The molecule has 0 amide bonds. The van der Waals surface area contributed by atoms with E-state index in [0.717, 1.165) is 57.8 Å². The third kappa shape index (κ3) is 69.1. The summed E-state index contributed by atoms with van der Waals surface area (Å²) in [6.45, 7) is 6.68. The minimum atomic E-state index is -0.762. The highest BCUT2D eigenvalue weighted by Crippen LogP contribution is 2.20. The van der Waals surface area contributed by atoms with Gasteiger partial charge in [0.05, 0.1) is 0 Å². The van der Waals surface area contributed by atoms with E-state index in [2.05, 4.69) is 20.8 Å².